The van der Waals surface area contributed by atoms with Gasteiger partial charge in [0, 0.05) is 18.0 Å². The minimum atomic E-state index is -0.141. The summed E-state index contributed by atoms with van der Waals surface area (Å²) in [4.78, 5) is 16.8. The van der Waals surface area contributed by atoms with Crippen molar-refractivity contribution in [2.45, 2.75) is 19.3 Å². The molecule has 1 saturated heterocycles. The molecule has 0 bridgehead atoms. The van der Waals surface area contributed by atoms with Gasteiger partial charge in [0.2, 0.25) is 5.91 Å². The molecule has 2 aliphatic rings. The fourth-order valence-corrected chi connectivity index (χ4v) is 4.69. The lowest BCUT2D eigenvalue weighted by atomic mass is 9.86. The number of nitrogens with zero attached hydrogens (tertiary/aromatic N) is 3. The maximum atomic E-state index is 12.9. The predicted molar refractivity (Wildman–Crippen MR) is 104 cm³/mol. The van der Waals surface area contributed by atoms with E-state index >= 15 is 0 Å². The Morgan fingerprint density at radius 2 is 1.96 bits per heavy atom. The number of rotatable bonds is 2. The van der Waals surface area contributed by atoms with Crippen LogP contribution in [0.25, 0.3) is 0 Å². The third-order valence-corrected chi connectivity index (χ3v) is 6.02. The Labute approximate surface area is 157 Å². The van der Waals surface area contributed by atoms with E-state index in [0.717, 1.165) is 22.2 Å². The van der Waals surface area contributed by atoms with E-state index < -0.39 is 0 Å². The Kier molecular flexibility index (Phi) is 4.44. The van der Waals surface area contributed by atoms with Crippen LogP contribution in [0.1, 0.15) is 23.5 Å². The zero-order valence-electron chi connectivity index (χ0n) is 14.6. The van der Waals surface area contributed by atoms with Gasteiger partial charge in [0.1, 0.15) is 0 Å². The first kappa shape index (κ1) is 16.7. The fraction of sp³-hybridized carbons (Fsp3) is 0.238. The van der Waals surface area contributed by atoms with Crippen molar-refractivity contribution in [3.8, 4) is 6.07 Å². The summed E-state index contributed by atoms with van der Waals surface area (Å²) >= 11 is 1.58. The maximum Gasteiger partial charge on any atom is 0.229 e. The van der Waals surface area contributed by atoms with Gasteiger partial charge in [0.25, 0.3) is 0 Å². The molecule has 2 heterocycles. The highest BCUT2D eigenvalue weighted by Gasteiger charge is 2.38. The zero-order chi connectivity index (χ0) is 18.1. The molecule has 1 unspecified atom stereocenters. The summed E-state index contributed by atoms with van der Waals surface area (Å²) in [7, 11) is 0. The number of nitriles is 1. The fourth-order valence-electron chi connectivity index (χ4n) is 3.52. The van der Waals surface area contributed by atoms with Crippen LogP contribution < -0.4 is 4.90 Å². The summed E-state index contributed by atoms with van der Waals surface area (Å²) in [6, 6.07) is 20.5. The molecule has 4 nitrogen and oxygen atoms in total. The molecule has 1 atom stereocenters. The number of carbonyl (C=O) groups is 1. The van der Waals surface area contributed by atoms with Crippen molar-refractivity contribution in [2.75, 3.05) is 17.4 Å². The van der Waals surface area contributed by atoms with E-state index in [1.54, 1.807) is 16.7 Å². The summed E-state index contributed by atoms with van der Waals surface area (Å²) in [5.41, 5.74) is 4.05. The highest BCUT2D eigenvalue weighted by atomic mass is 32.2. The number of carbonyl (C=O) groups excluding carboxylic acids is 1. The standard InChI is InChI=1S/C21H19N3OS/c1-15-6-5-9-17(10-15)23-13-24-20(25)11-18(16-7-3-2-4-8-16)19(12-22)21(24)26-14-23/h2-10,18H,11,13-14H2,1H3. The van der Waals surface area contributed by atoms with Gasteiger partial charge in [-0.05, 0) is 30.2 Å². The number of thioether (sulfide) groups is 1. The van der Waals surface area contributed by atoms with E-state index in [1.807, 2.05) is 36.4 Å². The molecule has 26 heavy (non-hydrogen) atoms. The Bertz CT molecular complexity index is 916. The van der Waals surface area contributed by atoms with Crippen molar-refractivity contribution in [1.29, 1.82) is 5.26 Å². The average Bonchev–Trinajstić information content (AvgIpc) is 2.68. The van der Waals surface area contributed by atoms with Gasteiger partial charge in [-0.1, -0.05) is 54.2 Å². The molecule has 0 spiro atoms. The number of aryl methyl sites for hydroxylation is 1. The Morgan fingerprint density at radius 1 is 1.15 bits per heavy atom. The van der Waals surface area contributed by atoms with Gasteiger partial charge < -0.3 is 4.90 Å². The van der Waals surface area contributed by atoms with Gasteiger partial charge in [-0.25, -0.2) is 0 Å². The van der Waals surface area contributed by atoms with Crippen LogP contribution in [0.15, 0.2) is 65.2 Å². The number of anilines is 1. The third-order valence-electron chi connectivity index (χ3n) is 4.86. The first-order valence-corrected chi connectivity index (χ1v) is 9.60. The minimum Gasteiger partial charge on any atom is -0.344 e. The molecular weight excluding hydrogens is 342 g/mol. The molecule has 0 N–H and O–H groups in total. The highest BCUT2D eigenvalue weighted by molar-refractivity contribution is 8.03. The number of hydrogen-bond acceptors (Lipinski definition) is 4. The van der Waals surface area contributed by atoms with Crippen molar-refractivity contribution >= 4 is 23.4 Å². The van der Waals surface area contributed by atoms with Crippen molar-refractivity contribution in [1.82, 2.24) is 4.90 Å². The molecule has 0 saturated carbocycles. The molecule has 2 aromatic rings. The summed E-state index contributed by atoms with van der Waals surface area (Å²) in [5.74, 6) is 0.672. The van der Waals surface area contributed by atoms with Crippen LogP contribution in [0.4, 0.5) is 5.69 Å². The zero-order valence-corrected chi connectivity index (χ0v) is 15.4. The van der Waals surface area contributed by atoms with Crippen molar-refractivity contribution < 1.29 is 4.79 Å². The van der Waals surface area contributed by atoms with E-state index in [1.165, 1.54) is 5.56 Å². The van der Waals surface area contributed by atoms with Crippen LogP contribution in [0.5, 0.6) is 0 Å². The Hall–Kier alpha value is -2.71. The van der Waals surface area contributed by atoms with Gasteiger partial charge >= 0.3 is 0 Å². The molecular formula is C21H19N3OS. The Balaban J connectivity index is 1.67. The quantitative estimate of drug-likeness (QED) is 0.804. The van der Waals surface area contributed by atoms with Crippen LogP contribution in [0.3, 0.4) is 0 Å². The predicted octanol–water partition coefficient (Wildman–Crippen LogP) is 4.21. The van der Waals surface area contributed by atoms with Gasteiger partial charge in [-0.3, -0.25) is 9.69 Å². The van der Waals surface area contributed by atoms with Crippen molar-refractivity contribution in [3.63, 3.8) is 0 Å². The van der Waals surface area contributed by atoms with E-state index in [0.29, 0.717) is 18.7 Å². The number of benzene rings is 2. The monoisotopic (exact) mass is 361 g/mol. The molecule has 5 heteroatoms. The summed E-state index contributed by atoms with van der Waals surface area (Å²) in [5, 5.41) is 10.6. The summed E-state index contributed by atoms with van der Waals surface area (Å²) in [6.45, 7) is 2.56. The molecule has 0 aromatic heterocycles. The number of hydrogen-bond donors (Lipinski definition) is 0. The highest BCUT2D eigenvalue weighted by Crippen LogP contribution is 2.43. The van der Waals surface area contributed by atoms with Crippen LogP contribution in [-0.4, -0.2) is 23.4 Å². The smallest absolute Gasteiger partial charge is 0.229 e. The minimum absolute atomic E-state index is 0.0812. The number of amides is 1. The molecule has 0 aliphatic carbocycles. The summed E-state index contributed by atoms with van der Waals surface area (Å²) in [6.07, 6.45) is 0.346. The lowest BCUT2D eigenvalue weighted by molar-refractivity contribution is -0.129. The van der Waals surface area contributed by atoms with Gasteiger partial charge in [0.05, 0.1) is 29.2 Å². The molecule has 1 fully saturated rings. The number of fused-ring (bicyclic) bond motifs is 1. The van der Waals surface area contributed by atoms with Gasteiger partial charge in [0.15, 0.2) is 0 Å². The van der Waals surface area contributed by atoms with Gasteiger partial charge in [-0.2, -0.15) is 5.26 Å². The Morgan fingerprint density at radius 3 is 2.69 bits per heavy atom. The normalized spacial score (nSPS) is 20.0. The molecule has 2 aliphatic heterocycles. The van der Waals surface area contributed by atoms with Crippen LogP contribution in [0.2, 0.25) is 0 Å². The molecule has 1 amide bonds. The SMILES string of the molecule is Cc1cccc(N2CSC3=C(C#N)C(c4ccccc4)CC(=O)N3C2)c1. The second-order valence-corrected chi connectivity index (χ2v) is 7.55. The first-order valence-electron chi connectivity index (χ1n) is 8.61. The second-order valence-electron chi connectivity index (χ2n) is 6.61. The van der Waals surface area contributed by atoms with Crippen LogP contribution >= 0.6 is 11.8 Å². The van der Waals surface area contributed by atoms with Gasteiger partial charge in [-0.15, -0.1) is 0 Å². The van der Waals surface area contributed by atoms with E-state index in [-0.39, 0.29) is 11.8 Å². The third kappa shape index (κ3) is 2.97. The molecule has 4 rings (SSSR count). The van der Waals surface area contributed by atoms with E-state index in [9.17, 15) is 10.1 Å². The van der Waals surface area contributed by atoms with E-state index in [4.69, 9.17) is 0 Å². The number of allylic oxidation sites excluding steroid dienone is 1. The lowest BCUT2D eigenvalue weighted by Gasteiger charge is -2.42. The van der Waals surface area contributed by atoms with Crippen molar-refractivity contribution in [3.05, 3.63) is 76.3 Å². The lowest BCUT2D eigenvalue weighted by Crippen LogP contribution is -2.47. The largest absolute Gasteiger partial charge is 0.344 e. The van der Waals surface area contributed by atoms with Crippen LogP contribution in [0, 0.1) is 18.3 Å². The average molecular weight is 361 g/mol. The first-order chi connectivity index (χ1) is 12.7. The topological polar surface area (TPSA) is 47.3 Å². The van der Waals surface area contributed by atoms with Crippen molar-refractivity contribution in [2.24, 2.45) is 0 Å². The molecule has 130 valence electrons. The second kappa shape index (κ2) is 6.89. The molecule has 2 aromatic carbocycles. The van der Waals surface area contributed by atoms with Crippen LogP contribution in [-0.2, 0) is 4.79 Å². The van der Waals surface area contributed by atoms with E-state index in [2.05, 4.69) is 36.1 Å². The summed E-state index contributed by atoms with van der Waals surface area (Å²) < 4.78 is 0. The molecule has 0 radical (unpaired) electrons. The maximum absolute atomic E-state index is 12.9.